The number of hydrogen-bond donors (Lipinski definition) is 8. The Morgan fingerprint density at radius 1 is 0.778 bits per heavy atom. The number of carbonyl (C=O) groups excluding carboxylic acids is 5. The fourth-order valence-electron chi connectivity index (χ4n) is 7.02. The molecule has 3 rings (SSSR count). The zero-order valence-electron chi connectivity index (χ0n) is 41.4. The number of nitrogens with two attached hydrogens (primary N) is 1. The van der Waals surface area contributed by atoms with Gasteiger partial charge in [0.25, 0.3) is 0 Å². The van der Waals surface area contributed by atoms with Crippen LogP contribution in [0.4, 0.5) is 8.78 Å². The molecule has 9 N–H and O–H groups in total. The lowest BCUT2D eigenvalue weighted by atomic mass is 9.82. The number of rotatable bonds is 33. The van der Waals surface area contributed by atoms with Crippen molar-refractivity contribution in [1.82, 2.24) is 30.7 Å². The Kier molecular flexibility index (Phi) is 24.8. The lowest BCUT2D eigenvalue weighted by molar-refractivity contribution is -0.154. The van der Waals surface area contributed by atoms with Crippen LogP contribution in [0.1, 0.15) is 64.8 Å². The fraction of sp³-hybridized carbons (Fsp3) is 0.531. The molecule has 0 bridgehead atoms. The van der Waals surface area contributed by atoms with Gasteiger partial charge in [0.1, 0.15) is 29.7 Å². The van der Waals surface area contributed by atoms with Crippen LogP contribution in [0.2, 0.25) is 0 Å². The summed E-state index contributed by atoms with van der Waals surface area (Å²) in [7, 11) is 0. The Bertz CT molecular complexity index is 2260. The topological polar surface area (TPSA) is 299 Å². The van der Waals surface area contributed by atoms with E-state index in [1.54, 1.807) is 12.3 Å². The summed E-state index contributed by atoms with van der Waals surface area (Å²) in [5.74, 6) is -7.45. The maximum atomic E-state index is 15.1. The molecule has 0 aliphatic rings. The zero-order chi connectivity index (χ0) is 53.4. The zero-order valence-corrected chi connectivity index (χ0v) is 41.4. The Hall–Kier alpha value is -6.37. The molecule has 5 amide bonds. The molecule has 2 aromatic carbocycles. The summed E-state index contributed by atoms with van der Waals surface area (Å²) >= 11 is 0. The van der Waals surface area contributed by atoms with E-state index < -0.39 is 95.2 Å². The van der Waals surface area contributed by atoms with Gasteiger partial charge in [0.2, 0.25) is 29.5 Å². The Balaban J connectivity index is 1.40. The number of hydrogen-bond acceptors (Lipinski definition) is 13. The summed E-state index contributed by atoms with van der Waals surface area (Å²) in [6.07, 6.45) is 1.37. The normalized spacial score (nSPS) is 12.8. The summed E-state index contributed by atoms with van der Waals surface area (Å²) in [5.41, 5.74) is 5.61. The lowest BCUT2D eigenvalue weighted by Crippen LogP contribution is -2.53. The highest BCUT2D eigenvalue weighted by molar-refractivity contribution is 6.02. The number of nitrogens with zero attached hydrogens (tertiary/aromatic N) is 2. The molecule has 0 spiro atoms. The number of nitrogens with one attached hydrogen (secondary N) is 4. The molecule has 21 nitrogen and oxygen atoms in total. The number of carboxylic acids is 2. The van der Waals surface area contributed by atoms with E-state index in [1.165, 1.54) is 18.7 Å². The van der Waals surface area contributed by atoms with Crippen LogP contribution < -0.4 is 27.0 Å². The number of carbonyl (C=O) groups is 7. The standard InChI is InChI=1S/C49H69F2N7O14/c1-48(2,3)43(39-25-33(35-26-34(50)11-12-36(35)51)30-57(39)29-32-9-7-6-8-10-32)58(42(62)31-59)16-13-37(52)44(63)56-38(45(64)65)27-54-40(60)14-17-69-19-21-71-23-24-72-22-20-70-18-15-53-41(61)28-55-46(66)49(4,5)47(67)68/h6-12,25-26,30,37-38,43,59H,13-24,27-29,31,52H2,1-5H3,(H,53,61)(H,54,60)(H,55,66)(H,56,63)(H,64,65)(H,67,68)/t37?,38-,43?/m1/s1. The third-order valence-electron chi connectivity index (χ3n) is 11.0. The van der Waals surface area contributed by atoms with E-state index >= 15 is 4.39 Å². The van der Waals surface area contributed by atoms with Gasteiger partial charge in [-0.3, -0.25) is 28.8 Å². The molecule has 0 saturated heterocycles. The van der Waals surface area contributed by atoms with Gasteiger partial charge in [-0.05, 0) is 55.5 Å². The number of benzene rings is 2. The highest BCUT2D eigenvalue weighted by Gasteiger charge is 2.38. The van der Waals surface area contributed by atoms with Gasteiger partial charge in [-0.15, -0.1) is 0 Å². The monoisotopic (exact) mass is 1020 g/mol. The van der Waals surface area contributed by atoms with E-state index in [1.807, 2.05) is 55.7 Å². The summed E-state index contributed by atoms with van der Waals surface area (Å²) in [4.78, 5) is 87.6. The van der Waals surface area contributed by atoms with Crippen molar-refractivity contribution in [1.29, 1.82) is 0 Å². The molecular weight excluding hydrogens is 949 g/mol. The second-order valence-corrected chi connectivity index (χ2v) is 18.2. The summed E-state index contributed by atoms with van der Waals surface area (Å²) in [6, 6.07) is 10.4. The van der Waals surface area contributed by atoms with Crippen molar-refractivity contribution in [2.75, 3.05) is 85.6 Å². The van der Waals surface area contributed by atoms with Gasteiger partial charge >= 0.3 is 11.9 Å². The summed E-state index contributed by atoms with van der Waals surface area (Å²) in [6.45, 7) is 8.14. The van der Waals surface area contributed by atoms with Crippen LogP contribution in [0.15, 0.2) is 60.8 Å². The smallest absolute Gasteiger partial charge is 0.328 e. The third kappa shape index (κ3) is 20.0. The minimum Gasteiger partial charge on any atom is -0.480 e. The first kappa shape index (κ1) is 59.9. The molecule has 1 heterocycles. The van der Waals surface area contributed by atoms with Crippen LogP contribution in [0.25, 0.3) is 11.1 Å². The van der Waals surface area contributed by atoms with Crippen molar-refractivity contribution in [3.05, 3.63) is 83.7 Å². The van der Waals surface area contributed by atoms with Crippen molar-refractivity contribution in [2.24, 2.45) is 16.6 Å². The van der Waals surface area contributed by atoms with Crippen LogP contribution in [0.3, 0.4) is 0 Å². The van der Waals surface area contributed by atoms with E-state index in [9.17, 15) is 48.2 Å². The summed E-state index contributed by atoms with van der Waals surface area (Å²) < 4.78 is 52.9. The number of amides is 5. The highest BCUT2D eigenvalue weighted by atomic mass is 19.1. The van der Waals surface area contributed by atoms with E-state index in [-0.39, 0.29) is 97.4 Å². The maximum absolute atomic E-state index is 15.1. The molecule has 3 aromatic rings. The van der Waals surface area contributed by atoms with E-state index in [2.05, 4.69) is 21.3 Å². The van der Waals surface area contributed by atoms with Crippen molar-refractivity contribution < 1.29 is 76.6 Å². The molecule has 0 saturated carbocycles. The maximum Gasteiger partial charge on any atom is 0.328 e. The van der Waals surface area contributed by atoms with Crippen LogP contribution >= 0.6 is 0 Å². The van der Waals surface area contributed by atoms with Gasteiger partial charge in [-0.2, -0.15) is 0 Å². The number of aromatic nitrogens is 1. The third-order valence-corrected chi connectivity index (χ3v) is 11.0. The highest BCUT2D eigenvalue weighted by Crippen LogP contribution is 2.41. The van der Waals surface area contributed by atoms with E-state index in [4.69, 9.17) is 29.8 Å². The number of halogens is 2. The molecule has 1 aromatic heterocycles. The van der Waals surface area contributed by atoms with Crippen molar-refractivity contribution in [2.45, 2.75) is 72.1 Å². The van der Waals surface area contributed by atoms with E-state index in [0.717, 1.165) is 23.8 Å². The molecule has 0 aliphatic carbocycles. The molecule has 398 valence electrons. The van der Waals surface area contributed by atoms with Gasteiger partial charge in [0.05, 0.1) is 71.5 Å². The van der Waals surface area contributed by atoms with E-state index in [0.29, 0.717) is 11.3 Å². The first-order valence-electron chi connectivity index (χ1n) is 23.3. The van der Waals surface area contributed by atoms with Crippen molar-refractivity contribution in [3.63, 3.8) is 0 Å². The van der Waals surface area contributed by atoms with Crippen molar-refractivity contribution in [3.8, 4) is 11.1 Å². The largest absolute Gasteiger partial charge is 0.480 e. The molecule has 23 heteroatoms. The Morgan fingerprint density at radius 3 is 1.97 bits per heavy atom. The second-order valence-electron chi connectivity index (χ2n) is 18.2. The van der Waals surface area contributed by atoms with Gasteiger partial charge in [-0.25, -0.2) is 13.6 Å². The van der Waals surface area contributed by atoms with Crippen LogP contribution in [-0.4, -0.2) is 164 Å². The predicted molar refractivity (Wildman–Crippen MR) is 257 cm³/mol. The minimum absolute atomic E-state index is 0.00513. The summed E-state index contributed by atoms with van der Waals surface area (Å²) in [5, 5.41) is 38.6. The minimum atomic E-state index is -1.66. The fourth-order valence-corrected chi connectivity index (χ4v) is 7.02. The molecule has 3 atom stereocenters. The first-order valence-corrected chi connectivity index (χ1v) is 23.3. The molecule has 0 radical (unpaired) electrons. The van der Waals surface area contributed by atoms with Gasteiger partial charge in [-0.1, -0.05) is 51.1 Å². The average Bonchev–Trinajstić information content (AvgIpc) is 3.73. The number of ether oxygens (including phenoxy) is 4. The van der Waals surface area contributed by atoms with Crippen LogP contribution in [0, 0.1) is 22.5 Å². The number of carboxylic acid groups (broad SMARTS) is 2. The Labute approximate surface area is 417 Å². The number of aliphatic hydroxyl groups is 1. The van der Waals surface area contributed by atoms with Gasteiger partial charge in [0, 0.05) is 55.6 Å². The average molecular weight is 1020 g/mol. The SMILES string of the molecule is CC(C)(C(=O)O)C(=O)NCC(=O)NCCOCCOCCOCCOCCC(=O)NC[C@@H](NC(=O)C(N)CCN(C(=O)CO)C(c1cc(-c2cc(F)ccc2F)cn1Cc1ccccc1)C(C)(C)C)C(=O)O. The van der Waals surface area contributed by atoms with Crippen LogP contribution in [0.5, 0.6) is 0 Å². The van der Waals surface area contributed by atoms with Crippen LogP contribution in [-0.2, 0) is 59.1 Å². The molecular formula is C49H69F2N7O14. The van der Waals surface area contributed by atoms with Crippen molar-refractivity contribution >= 4 is 41.5 Å². The number of aliphatic carboxylic acids is 2. The van der Waals surface area contributed by atoms with Gasteiger partial charge in [0.15, 0.2) is 0 Å². The second kappa shape index (κ2) is 29.8. The molecule has 72 heavy (non-hydrogen) atoms. The lowest BCUT2D eigenvalue weighted by Gasteiger charge is -2.41. The molecule has 0 fully saturated rings. The van der Waals surface area contributed by atoms with Gasteiger partial charge < -0.3 is 70.7 Å². The quantitative estimate of drug-likeness (QED) is 0.0318. The molecule has 0 aliphatic heterocycles. The first-order chi connectivity index (χ1) is 34.1. The number of aliphatic hydroxyl groups excluding tert-OH is 1. The predicted octanol–water partition coefficient (Wildman–Crippen LogP) is 1.59. The molecule has 2 unspecified atom stereocenters. The Morgan fingerprint density at radius 2 is 1.39 bits per heavy atom.